The predicted molar refractivity (Wildman–Crippen MR) is 75.7 cm³/mol. The van der Waals surface area contributed by atoms with Crippen LogP contribution in [-0.4, -0.2) is 23.4 Å². The van der Waals surface area contributed by atoms with E-state index >= 15 is 0 Å². The fourth-order valence-corrected chi connectivity index (χ4v) is 3.04. The first kappa shape index (κ1) is 12.7. The number of nitrogens with zero attached hydrogens (tertiary/aromatic N) is 1. The standard InChI is InChI=1S/C15H11NO3S/c1-19-13-14(20-10-6-3-2-4-7-10)12(17)11-8-5-9-16(11)15(13)18/h2-9H,1H3. The number of ether oxygens (including phenoxy) is 1. The zero-order valence-corrected chi connectivity index (χ0v) is 11.5. The van der Waals surface area contributed by atoms with Crippen molar-refractivity contribution in [1.82, 2.24) is 4.57 Å². The van der Waals surface area contributed by atoms with Crippen LogP contribution in [0.25, 0.3) is 0 Å². The SMILES string of the molecule is COC1=C(Sc2ccccc2)C(=O)c2cccn2C1=O. The van der Waals surface area contributed by atoms with Gasteiger partial charge in [0.2, 0.25) is 11.5 Å². The van der Waals surface area contributed by atoms with Crippen molar-refractivity contribution in [1.29, 1.82) is 0 Å². The van der Waals surface area contributed by atoms with Crippen LogP contribution < -0.4 is 0 Å². The molecule has 0 bridgehead atoms. The van der Waals surface area contributed by atoms with Gasteiger partial charge in [-0.05, 0) is 24.3 Å². The molecule has 0 saturated heterocycles. The molecule has 1 aliphatic heterocycles. The maximum Gasteiger partial charge on any atom is 0.298 e. The van der Waals surface area contributed by atoms with Crippen LogP contribution in [0.15, 0.2) is 64.2 Å². The monoisotopic (exact) mass is 285 g/mol. The number of carbonyl (C=O) groups excluding carboxylic acids is 2. The highest BCUT2D eigenvalue weighted by atomic mass is 32.2. The minimum absolute atomic E-state index is 0.0903. The van der Waals surface area contributed by atoms with Gasteiger partial charge in [0.15, 0.2) is 0 Å². The topological polar surface area (TPSA) is 48.3 Å². The zero-order valence-electron chi connectivity index (χ0n) is 10.7. The van der Waals surface area contributed by atoms with Crippen LogP contribution in [0.4, 0.5) is 0 Å². The summed E-state index contributed by atoms with van der Waals surface area (Å²) in [6, 6.07) is 12.7. The smallest absolute Gasteiger partial charge is 0.298 e. The summed E-state index contributed by atoms with van der Waals surface area (Å²) >= 11 is 1.25. The van der Waals surface area contributed by atoms with Crippen LogP contribution >= 0.6 is 11.8 Å². The minimum atomic E-state index is -0.314. The number of thioether (sulfide) groups is 1. The van der Waals surface area contributed by atoms with E-state index in [0.717, 1.165) is 4.90 Å². The fraction of sp³-hybridized carbons (Fsp3) is 0.0667. The van der Waals surface area contributed by atoms with Crippen molar-refractivity contribution in [2.45, 2.75) is 4.90 Å². The molecular formula is C15H11NO3S. The minimum Gasteiger partial charge on any atom is -0.490 e. The van der Waals surface area contributed by atoms with Crippen LogP contribution in [0.5, 0.6) is 0 Å². The molecular weight excluding hydrogens is 274 g/mol. The summed E-state index contributed by atoms with van der Waals surface area (Å²) in [7, 11) is 1.40. The van der Waals surface area contributed by atoms with Crippen molar-refractivity contribution in [2.24, 2.45) is 0 Å². The first-order valence-electron chi connectivity index (χ1n) is 6.00. The molecule has 0 fully saturated rings. The van der Waals surface area contributed by atoms with Gasteiger partial charge in [0.25, 0.3) is 5.91 Å². The van der Waals surface area contributed by atoms with Gasteiger partial charge in [-0.2, -0.15) is 0 Å². The first-order chi connectivity index (χ1) is 9.72. The molecule has 1 aromatic heterocycles. The van der Waals surface area contributed by atoms with Gasteiger partial charge in [-0.3, -0.25) is 14.2 Å². The van der Waals surface area contributed by atoms with Crippen LogP contribution in [0.1, 0.15) is 15.3 Å². The lowest BCUT2D eigenvalue weighted by Crippen LogP contribution is -2.27. The molecule has 1 aromatic carbocycles. The number of rotatable bonds is 3. The van der Waals surface area contributed by atoms with Gasteiger partial charge in [0.1, 0.15) is 4.91 Å². The number of carbonyl (C=O) groups is 2. The van der Waals surface area contributed by atoms with Crippen LogP contribution in [0.3, 0.4) is 0 Å². The Hall–Kier alpha value is -2.27. The summed E-state index contributed by atoms with van der Waals surface area (Å²) < 4.78 is 6.47. The Labute approximate surface area is 120 Å². The second-order valence-electron chi connectivity index (χ2n) is 4.18. The van der Waals surface area contributed by atoms with E-state index < -0.39 is 0 Å². The molecule has 4 nitrogen and oxygen atoms in total. The van der Waals surface area contributed by atoms with E-state index in [2.05, 4.69) is 0 Å². The van der Waals surface area contributed by atoms with E-state index in [1.165, 1.54) is 23.4 Å². The summed E-state index contributed by atoms with van der Waals surface area (Å²) in [4.78, 5) is 26.0. The Balaban J connectivity index is 2.07. The van der Waals surface area contributed by atoms with Gasteiger partial charge in [0.05, 0.1) is 12.8 Å². The number of hydrogen-bond donors (Lipinski definition) is 0. The number of hydrogen-bond acceptors (Lipinski definition) is 4. The molecule has 0 amide bonds. The molecule has 5 heteroatoms. The Morgan fingerprint density at radius 3 is 2.50 bits per heavy atom. The second kappa shape index (κ2) is 5.02. The largest absolute Gasteiger partial charge is 0.490 e. The van der Waals surface area contributed by atoms with Crippen LogP contribution in [-0.2, 0) is 4.74 Å². The van der Waals surface area contributed by atoms with Crippen molar-refractivity contribution in [3.8, 4) is 0 Å². The summed E-state index contributed by atoms with van der Waals surface area (Å²) in [5, 5.41) is 0. The highest BCUT2D eigenvalue weighted by molar-refractivity contribution is 8.04. The summed E-state index contributed by atoms with van der Waals surface area (Å²) in [5.41, 5.74) is 0.370. The lowest BCUT2D eigenvalue weighted by atomic mass is 10.2. The number of Topliss-reactive ketones (excluding diaryl/α,β-unsaturated/α-hetero) is 1. The maximum atomic E-state index is 12.5. The maximum absolute atomic E-state index is 12.5. The molecule has 0 radical (unpaired) electrons. The molecule has 100 valence electrons. The third-order valence-corrected chi connectivity index (χ3v) is 4.06. The average Bonchev–Trinajstić information content (AvgIpc) is 2.96. The molecule has 3 rings (SSSR count). The highest BCUT2D eigenvalue weighted by Gasteiger charge is 2.33. The van der Waals surface area contributed by atoms with E-state index in [0.29, 0.717) is 10.6 Å². The zero-order chi connectivity index (χ0) is 14.1. The Morgan fingerprint density at radius 2 is 1.80 bits per heavy atom. The van der Waals surface area contributed by atoms with E-state index in [1.807, 2.05) is 30.3 Å². The van der Waals surface area contributed by atoms with E-state index in [1.54, 1.807) is 18.3 Å². The molecule has 0 spiro atoms. The van der Waals surface area contributed by atoms with E-state index in [-0.39, 0.29) is 17.4 Å². The lowest BCUT2D eigenvalue weighted by molar-refractivity contribution is 0.0830. The second-order valence-corrected chi connectivity index (χ2v) is 5.26. The molecule has 0 saturated carbocycles. The van der Waals surface area contributed by atoms with E-state index in [9.17, 15) is 9.59 Å². The molecule has 1 aliphatic rings. The Kier molecular flexibility index (Phi) is 3.20. The van der Waals surface area contributed by atoms with Gasteiger partial charge >= 0.3 is 0 Å². The lowest BCUT2D eigenvalue weighted by Gasteiger charge is -2.18. The van der Waals surface area contributed by atoms with Crippen LogP contribution in [0, 0.1) is 0 Å². The number of methoxy groups -OCH3 is 1. The third kappa shape index (κ3) is 1.96. The predicted octanol–water partition coefficient (Wildman–Crippen LogP) is 2.97. The van der Waals surface area contributed by atoms with Crippen LogP contribution in [0.2, 0.25) is 0 Å². The first-order valence-corrected chi connectivity index (χ1v) is 6.82. The van der Waals surface area contributed by atoms with Gasteiger partial charge < -0.3 is 4.74 Å². The summed E-state index contributed by atoms with van der Waals surface area (Å²) in [6.07, 6.45) is 1.57. The van der Waals surface area contributed by atoms with Gasteiger partial charge in [-0.25, -0.2) is 0 Å². The number of allylic oxidation sites excluding steroid dienone is 2. The van der Waals surface area contributed by atoms with Gasteiger partial charge in [-0.15, -0.1) is 0 Å². The number of fused-ring (bicyclic) bond motifs is 1. The summed E-state index contributed by atoms with van der Waals surface area (Å²) in [6.45, 7) is 0. The number of aromatic nitrogens is 1. The molecule has 0 atom stereocenters. The van der Waals surface area contributed by atoms with Crippen molar-refractivity contribution in [3.63, 3.8) is 0 Å². The quantitative estimate of drug-likeness (QED) is 0.870. The molecule has 0 aliphatic carbocycles. The third-order valence-electron chi connectivity index (χ3n) is 2.97. The molecule has 0 N–H and O–H groups in total. The van der Waals surface area contributed by atoms with Gasteiger partial charge in [-0.1, -0.05) is 30.0 Å². The highest BCUT2D eigenvalue weighted by Crippen LogP contribution is 2.35. The molecule has 0 unspecified atom stereocenters. The van der Waals surface area contributed by atoms with Crippen molar-refractivity contribution in [2.75, 3.05) is 7.11 Å². The van der Waals surface area contributed by atoms with Crippen molar-refractivity contribution >= 4 is 23.5 Å². The van der Waals surface area contributed by atoms with Gasteiger partial charge in [0, 0.05) is 11.1 Å². The average molecular weight is 285 g/mol. The number of ketones is 1. The Bertz CT molecular complexity index is 716. The normalized spacial score (nSPS) is 14.4. The number of benzene rings is 1. The Morgan fingerprint density at radius 1 is 1.05 bits per heavy atom. The molecule has 2 heterocycles. The fourth-order valence-electron chi connectivity index (χ4n) is 2.05. The van der Waals surface area contributed by atoms with Crippen molar-refractivity contribution < 1.29 is 14.3 Å². The molecule has 2 aromatic rings. The van der Waals surface area contributed by atoms with Crippen molar-refractivity contribution in [3.05, 3.63) is 65.0 Å². The van der Waals surface area contributed by atoms with E-state index in [4.69, 9.17) is 4.74 Å². The molecule has 20 heavy (non-hydrogen) atoms. The summed E-state index contributed by atoms with van der Waals surface area (Å²) in [5.74, 6) is -0.418.